The van der Waals surface area contributed by atoms with Crippen LogP contribution in [0.4, 0.5) is 11.4 Å². The number of carbonyl (C=O) groups is 2. The molecule has 0 spiro atoms. The lowest BCUT2D eigenvalue weighted by atomic mass is 10.0. The maximum Gasteiger partial charge on any atom is 0.227 e. The third-order valence-corrected chi connectivity index (χ3v) is 4.62. The Kier molecular flexibility index (Phi) is 6.95. The zero-order valence-corrected chi connectivity index (χ0v) is 17.4. The topological polar surface area (TPSA) is 97.1 Å². The largest absolute Gasteiger partial charge is 0.339 e. The van der Waals surface area contributed by atoms with E-state index >= 15 is 0 Å². The number of aryl methyl sites for hydroxylation is 1. The lowest BCUT2D eigenvalue weighted by molar-refractivity contribution is -0.116. The van der Waals surface area contributed by atoms with Crippen molar-refractivity contribution in [1.29, 1.82) is 0 Å². The molecule has 30 heavy (non-hydrogen) atoms. The molecule has 3 aromatic rings. The average Bonchev–Trinajstić information content (AvgIpc) is 3.21. The van der Waals surface area contributed by atoms with Crippen molar-refractivity contribution in [3.05, 3.63) is 60.0 Å². The van der Waals surface area contributed by atoms with Crippen molar-refractivity contribution in [3.8, 4) is 11.4 Å². The monoisotopic (exact) mass is 406 g/mol. The number of hydrogen-bond acceptors (Lipinski definition) is 5. The standard InChI is InChI=1S/C23H26N4O3/c1-4-20(28)24-18-6-5-7-19(14-18)25-21(29)12-13-22-26-23(27-30-22)17-10-8-16(9-11-17)15(2)3/h5-11,14-15H,4,12-13H2,1-3H3,(H,24,28)(H,25,29). The molecule has 0 radical (unpaired) electrons. The zero-order valence-electron chi connectivity index (χ0n) is 17.4. The van der Waals surface area contributed by atoms with Crippen LogP contribution in [0.15, 0.2) is 53.1 Å². The van der Waals surface area contributed by atoms with Gasteiger partial charge in [-0.3, -0.25) is 9.59 Å². The minimum atomic E-state index is -0.171. The Morgan fingerprint density at radius 2 is 1.67 bits per heavy atom. The fraction of sp³-hybridized carbons (Fsp3) is 0.304. The summed E-state index contributed by atoms with van der Waals surface area (Å²) in [7, 11) is 0. The zero-order chi connectivity index (χ0) is 21.5. The first-order valence-corrected chi connectivity index (χ1v) is 10.1. The first-order chi connectivity index (χ1) is 14.4. The molecule has 7 heteroatoms. The van der Waals surface area contributed by atoms with E-state index < -0.39 is 0 Å². The van der Waals surface area contributed by atoms with Gasteiger partial charge in [0.05, 0.1) is 0 Å². The van der Waals surface area contributed by atoms with Crippen LogP contribution in [0, 0.1) is 0 Å². The molecule has 2 N–H and O–H groups in total. The summed E-state index contributed by atoms with van der Waals surface area (Å²) in [6.07, 6.45) is 0.944. The maximum atomic E-state index is 12.3. The molecule has 156 valence electrons. The van der Waals surface area contributed by atoms with Crippen LogP contribution in [0.1, 0.15) is 51.0 Å². The number of benzene rings is 2. The van der Waals surface area contributed by atoms with Crippen LogP contribution in [-0.4, -0.2) is 22.0 Å². The predicted molar refractivity (Wildman–Crippen MR) is 116 cm³/mol. The smallest absolute Gasteiger partial charge is 0.227 e. The molecule has 0 unspecified atom stereocenters. The van der Waals surface area contributed by atoms with Gasteiger partial charge in [0.2, 0.25) is 23.5 Å². The Morgan fingerprint density at radius 3 is 2.30 bits per heavy atom. The summed E-state index contributed by atoms with van der Waals surface area (Å²) in [4.78, 5) is 28.2. The van der Waals surface area contributed by atoms with E-state index in [1.54, 1.807) is 31.2 Å². The summed E-state index contributed by atoms with van der Waals surface area (Å²) in [6.45, 7) is 6.07. The van der Waals surface area contributed by atoms with Crippen molar-refractivity contribution >= 4 is 23.2 Å². The molecule has 1 aromatic heterocycles. The molecule has 0 aliphatic rings. The van der Waals surface area contributed by atoms with Crippen LogP contribution in [0.25, 0.3) is 11.4 Å². The highest BCUT2D eigenvalue weighted by Crippen LogP contribution is 2.21. The highest BCUT2D eigenvalue weighted by molar-refractivity contribution is 5.94. The molecule has 1 heterocycles. The van der Waals surface area contributed by atoms with E-state index in [4.69, 9.17) is 4.52 Å². The van der Waals surface area contributed by atoms with Gasteiger partial charge >= 0.3 is 0 Å². The van der Waals surface area contributed by atoms with Gasteiger partial charge in [-0.15, -0.1) is 0 Å². The van der Waals surface area contributed by atoms with Crippen LogP contribution in [0.3, 0.4) is 0 Å². The summed E-state index contributed by atoms with van der Waals surface area (Å²) in [5, 5.41) is 9.60. The summed E-state index contributed by atoms with van der Waals surface area (Å²) in [6, 6.07) is 15.1. The van der Waals surface area contributed by atoms with Crippen molar-refractivity contribution in [2.24, 2.45) is 0 Å². The number of hydrogen-bond donors (Lipinski definition) is 2. The first-order valence-electron chi connectivity index (χ1n) is 10.1. The van der Waals surface area contributed by atoms with Crippen LogP contribution < -0.4 is 10.6 Å². The molecule has 7 nitrogen and oxygen atoms in total. The number of amides is 2. The van der Waals surface area contributed by atoms with Gasteiger partial charge in [0, 0.05) is 36.2 Å². The number of nitrogens with zero attached hydrogens (tertiary/aromatic N) is 2. The van der Waals surface area contributed by atoms with E-state index in [2.05, 4.69) is 46.8 Å². The molecule has 0 aliphatic carbocycles. The molecule has 0 saturated heterocycles. The number of aromatic nitrogens is 2. The van der Waals surface area contributed by atoms with E-state index in [1.807, 2.05) is 12.1 Å². The van der Waals surface area contributed by atoms with E-state index in [9.17, 15) is 9.59 Å². The number of anilines is 2. The van der Waals surface area contributed by atoms with E-state index in [1.165, 1.54) is 5.56 Å². The molecular weight excluding hydrogens is 380 g/mol. The van der Waals surface area contributed by atoms with E-state index in [-0.39, 0.29) is 18.2 Å². The summed E-state index contributed by atoms with van der Waals surface area (Å²) in [5.41, 5.74) is 3.39. The van der Waals surface area contributed by atoms with Crippen molar-refractivity contribution in [2.45, 2.75) is 46.0 Å². The lowest BCUT2D eigenvalue weighted by Crippen LogP contribution is -2.13. The number of carbonyl (C=O) groups excluding carboxylic acids is 2. The minimum Gasteiger partial charge on any atom is -0.339 e. The summed E-state index contributed by atoms with van der Waals surface area (Å²) >= 11 is 0. The molecule has 0 bridgehead atoms. The summed E-state index contributed by atoms with van der Waals surface area (Å²) in [5.74, 6) is 1.14. The van der Waals surface area contributed by atoms with Gasteiger partial charge in [-0.2, -0.15) is 4.98 Å². The second kappa shape index (κ2) is 9.82. The molecule has 2 aromatic carbocycles. The lowest BCUT2D eigenvalue weighted by Gasteiger charge is -2.08. The van der Waals surface area contributed by atoms with Gasteiger partial charge in [-0.1, -0.05) is 56.3 Å². The Balaban J connectivity index is 1.54. The molecule has 2 amide bonds. The Bertz CT molecular complexity index is 1010. The average molecular weight is 406 g/mol. The third-order valence-electron chi connectivity index (χ3n) is 4.62. The SMILES string of the molecule is CCC(=O)Nc1cccc(NC(=O)CCc2nc(-c3ccc(C(C)C)cc3)no2)c1. The normalized spacial score (nSPS) is 10.8. The highest BCUT2D eigenvalue weighted by Gasteiger charge is 2.12. The Labute approximate surface area is 175 Å². The van der Waals surface area contributed by atoms with Crippen LogP contribution in [0.2, 0.25) is 0 Å². The second-order valence-corrected chi connectivity index (χ2v) is 7.32. The molecule has 0 atom stereocenters. The first kappa shape index (κ1) is 21.2. The van der Waals surface area contributed by atoms with Crippen molar-refractivity contribution in [2.75, 3.05) is 10.6 Å². The van der Waals surface area contributed by atoms with Gasteiger partial charge in [0.15, 0.2) is 0 Å². The molecule has 3 rings (SSSR count). The van der Waals surface area contributed by atoms with Gasteiger partial charge in [0.1, 0.15) is 0 Å². The van der Waals surface area contributed by atoms with E-state index in [0.717, 1.165) is 5.56 Å². The van der Waals surface area contributed by atoms with Crippen molar-refractivity contribution in [3.63, 3.8) is 0 Å². The van der Waals surface area contributed by atoms with Gasteiger partial charge in [0.25, 0.3) is 0 Å². The van der Waals surface area contributed by atoms with Crippen LogP contribution in [0.5, 0.6) is 0 Å². The van der Waals surface area contributed by atoms with Gasteiger partial charge < -0.3 is 15.2 Å². The van der Waals surface area contributed by atoms with Gasteiger partial charge in [-0.25, -0.2) is 0 Å². The van der Waals surface area contributed by atoms with E-state index in [0.29, 0.717) is 41.8 Å². The second-order valence-electron chi connectivity index (χ2n) is 7.32. The number of nitrogens with one attached hydrogen (secondary N) is 2. The highest BCUT2D eigenvalue weighted by atomic mass is 16.5. The molecule has 0 aliphatic heterocycles. The maximum absolute atomic E-state index is 12.3. The quantitative estimate of drug-likeness (QED) is 0.561. The van der Waals surface area contributed by atoms with Crippen LogP contribution in [-0.2, 0) is 16.0 Å². The molecule has 0 saturated carbocycles. The third kappa shape index (κ3) is 5.76. The Morgan fingerprint density at radius 1 is 1.00 bits per heavy atom. The van der Waals surface area contributed by atoms with Crippen molar-refractivity contribution < 1.29 is 14.1 Å². The fourth-order valence-electron chi connectivity index (χ4n) is 2.86. The number of rotatable bonds is 8. The summed E-state index contributed by atoms with van der Waals surface area (Å²) < 4.78 is 5.28. The predicted octanol–water partition coefficient (Wildman–Crippen LogP) is 4.78. The fourth-order valence-corrected chi connectivity index (χ4v) is 2.86. The molecule has 0 fully saturated rings. The van der Waals surface area contributed by atoms with Crippen LogP contribution >= 0.6 is 0 Å². The van der Waals surface area contributed by atoms with Crippen molar-refractivity contribution in [1.82, 2.24) is 10.1 Å². The molecular formula is C23H26N4O3. The minimum absolute atomic E-state index is 0.0791. The Hall–Kier alpha value is -3.48. The van der Waals surface area contributed by atoms with Gasteiger partial charge in [-0.05, 0) is 29.7 Å².